The van der Waals surface area contributed by atoms with Gasteiger partial charge in [0.25, 0.3) is 0 Å². The van der Waals surface area contributed by atoms with Crippen molar-refractivity contribution in [2.45, 2.75) is 77.4 Å². The molecule has 0 spiro atoms. The van der Waals surface area contributed by atoms with Gasteiger partial charge in [-0.05, 0) is 120 Å². The normalized spacial score (nSPS) is 23.5. The van der Waals surface area contributed by atoms with E-state index in [2.05, 4.69) is 52.1 Å². The number of carboxylic acid groups (broad SMARTS) is 1. The number of carbonyl (C=O) groups is 1. The van der Waals surface area contributed by atoms with Crippen LogP contribution in [0.15, 0.2) is 22.7 Å². The van der Waals surface area contributed by atoms with Crippen LogP contribution in [0.1, 0.15) is 64.4 Å². The third-order valence-corrected chi connectivity index (χ3v) is 7.41. The topological polar surface area (TPSA) is 61.8 Å². The summed E-state index contributed by atoms with van der Waals surface area (Å²) in [5.41, 5.74) is 1.36. The van der Waals surface area contributed by atoms with Gasteiger partial charge in [0.1, 0.15) is 5.75 Å². The van der Waals surface area contributed by atoms with Gasteiger partial charge in [-0.3, -0.25) is 0 Å². The SMILES string of the molecule is CC(C)Oc1ccc(Br)c(CC2CCN(CCC3CCC(NC(=O)O)CC3)CC2)c1. The van der Waals surface area contributed by atoms with E-state index in [0.717, 1.165) is 49.7 Å². The Balaban J connectivity index is 1.37. The van der Waals surface area contributed by atoms with Crippen molar-refractivity contribution in [1.82, 2.24) is 10.2 Å². The van der Waals surface area contributed by atoms with Crippen LogP contribution in [-0.2, 0) is 6.42 Å². The molecule has 30 heavy (non-hydrogen) atoms. The zero-order valence-electron chi connectivity index (χ0n) is 18.4. The van der Waals surface area contributed by atoms with E-state index in [-0.39, 0.29) is 12.1 Å². The monoisotopic (exact) mass is 480 g/mol. The Kier molecular flexibility index (Phi) is 8.87. The molecule has 1 aromatic rings. The average Bonchev–Trinajstić information content (AvgIpc) is 2.70. The number of nitrogens with one attached hydrogen (secondary N) is 1. The van der Waals surface area contributed by atoms with Crippen molar-refractivity contribution < 1.29 is 14.6 Å². The van der Waals surface area contributed by atoms with Crippen molar-refractivity contribution >= 4 is 22.0 Å². The van der Waals surface area contributed by atoms with Gasteiger partial charge >= 0.3 is 6.09 Å². The van der Waals surface area contributed by atoms with Gasteiger partial charge in [-0.2, -0.15) is 0 Å². The van der Waals surface area contributed by atoms with Crippen LogP contribution in [0.2, 0.25) is 0 Å². The lowest BCUT2D eigenvalue weighted by Crippen LogP contribution is -2.38. The molecule has 1 saturated heterocycles. The quantitative estimate of drug-likeness (QED) is 0.500. The lowest BCUT2D eigenvalue weighted by atomic mass is 9.83. The third kappa shape index (κ3) is 7.45. The first-order valence-corrected chi connectivity index (χ1v) is 12.3. The van der Waals surface area contributed by atoms with Crippen LogP contribution in [0, 0.1) is 11.8 Å². The van der Waals surface area contributed by atoms with Crippen molar-refractivity contribution in [2.24, 2.45) is 11.8 Å². The maximum Gasteiger partial charge on any atom is 0.404 e. The number of hydrogen-bond acceptors (Lipinski definition) is 3. The molecule has 2 aliphatic rings. The standard InChI is InChI=1S/C24H37BrN2O3/c1-17(2)30-22-7-8-23(25)20(16-22)15-19-10-13-27(14-11-19)12-9-18-3-5-21(6-4-18)26-24(28)29/h7-8,16-19,21,26H,3-6,9-15H2,1-2H3,(H,28,29). The molecule has 1 amide bonds. The van der Waals surface area contributed by atoms with E-state index in [1.54, 1.807) is 0 Å². The molecule has 0 atom stereocenters. The summed E-state index contributed by atoms with van der Waals surface area (Å²) in [5, 5.41) is 11.5. The summed E-state index contributed by atoms with van der Waals surface area (Å²) < 4.78 is 7.06. The second-order valence-corrected chi connectivity index (χ2v) is 10.2. The predicted octanol–water partition coefficient (Wildman–Crippen LogP) is 5.71. The van der Waals surface area contributed by atoms with Crippen molar-refractivity contribution in [2.75, 3.05) is 19.6 Å². The summed E-state index contributed by atoms with van der Waals surface area (Å²) in [6.45, 7) is 7.71. The van der Waals surface area contributed by atoms with E-state index in [1.807, 2.05) is 6.07 Å². The van der Waals surface area contributed by atoms with Gasteiger partial charge in [0.2, 0.25) is 0 Å². The highest BCUT2D eigenvalue weighted by Crippen LogP contribution is 2.30. The Hall–Kier alpha value is -1.27. The number of hydrogen-bond donors (Lipinski definition) is 2. The second-order valence-electron chi connectivity index (χ2n) is 9.36. The fourth-order valence-corrected chi connectivity index (χ4v) is 5.32. The van der Waals surface area contributed by atoms with E-state index in [9.17, 15) is 4.79 Å². The van der Waals surface area contributed by atoms with Gasteiger partial charge in [0.15, 0.2) is 0 Å². The number of amides is 1. The molecule has 0 aromatic heterocycles. The van der Waals surface area contributed by atoms with E-state index < -0.39 is 6.09 Å². The van der Waals surface area contributed by atoms with Gasteiger partial charge in [0, 0.05) is 10.5 Å². The minimum absolute atomic E-state index is 0.165. The first-order chi connectivity index (χ1) is 14.4. The highest BCUT2D eigenvalue weighted by molar-refractivity contribution is 9.10. The summed E-state index contributed by atoms with van der Waals surface area (Å²) in [5.74, 6) is 2.47. The Morgan fingerprint density at radius 2 is 1.87 bits per heavy atom. The van der Waals surface area contributed by atoms with Gasteiger partial charge in [-0.25, -0.2) is 4.79 Å². The van der Waals surface area contributed by atoms with Crippen molar-refractivity contribution in [3.8, 4) is 5.75 Å². The summed E-state index contributed by atoms with van der Waals surface area (Å²) in [6.07, 6.45) is 8.51. The van der Waals surface area contributed by atoms with E-state index >= 15 is 0 Å². The fourth-order valence-electron chi connectivity index (χ4n) is 4.91. The highest BCUT2D eigenvalue weighted by atomic mass is 79.9. The van der Waals surface area contributed by atoms with Crippen molar-refractivity contribution in [3.05, 3.63) is 28.2 Å². The van der Waals surface area contributed by atoms with Gasteiger partial charge in [-0.1, -0.05) is 15.9 Å². The predicted molar refractivity (Wildman–Crippen MR) is 124 cm³/mol. The molecule has 0 unspecified atom stereocenters. The molecular formula is C24H37BrN2O3. The Morgan fingerprint density at radius 3 is 2.50 bits per heavy atom. The molecule has 0 radical (unpaired) electrons. The molecule has 1 aliphatic heterocycles. The fraction of sp³-hybridized carbons (Fsp3) is 0.708. The van der Waals surface area contributed by atoms with Crippen LogP contribution in [-0.4, -0.2) is 47.9 Å². The van der Waals surface area contributed by atoms with Crippen LogP contribution in [0.25, 0.3) is 0 Å². The van der Waals surface area contributed by atoms with Crippen LogP contribution < -0.4 is 10.1 Å². The molecule has 1 aliphatic carbocycles. The number of nitrogens with zero attached hydrogens (tertiary/aromatic N) is 1. The number of rotatable bonds is 8. The van der Waals surface area contributed by atoms with Crippen LogP contribution in [0.3, 0.4) is 0 Å². The average molecular weight is 481 g/mol. The summed E-state index contributed by atoms with van der Waals surface area (Å²) >= 11 is 3.72. The van der Waals surface area contributed by atoms with E-state index in [1.165, 1.54) is 48.9 Å². The number of halogens is 1. The highest BCUT2D eigenvalue weighted by Gasteiger charge is 2.24. The lowest BCUT2D eigenvalue weighted by Gasteiger charge is -2.34. The molecule has 5 nitrogen and oxygen atoms in total. The summed E-state index contributed by atoms with van der Waals surface area (Å²) in [7, 11) is 0. The smallest absolute Gasteiger partial charge is 0.404 e. The molecule has 6 heteroatoms. The lowest BCUT2D eigenvalue weighted by molar-refractivity contribution is 0.159. The molecule has 2 fully saturated rings. The van der Waals surface area contributed by atoms with E-state index in [4.69, 9.17) is 9.84 Å². The molecule has 1 heterocycles. The number of ether oxygens (including phenoxy) is 1. The summed E-state index contributed by atoms with van der Waals surface area (Å²) in [4.78, 5) is 13.4. The second kappa shape index (κ2) is 11.4. The molecule has 1 aromatic carbocycles. The van der Waals surface area contributed by atoms with Crippen LogP contribution in [0.5, 0.6) is 5.75 Å². The van der Waals surface area contributed by atoms with Gasteiger partial charge in [-0.15, -0.1) is 0 Å². The van der Waals surface area contributed by atoms with Gasteiger partial charge in [0.05, 0.1) is 6.10 Å². The number of benzene rings is 1. The van der Waals surface area contributed by atoms with Crippen LogP contribution >= 0.6 is 15.9 Å². The Morgan fingerprint density at radius 1 is 1.17 bits per heavy atom. The Labute approximate surface area is 189 Å². The molecular weight excluding hydrogens is 444 g/mol. The zero-order valence-corrected chi connectivity index (χ0v) is 20.0. The third-order valence-electron chi connectivity index (χ3n) is 6.63. The zero-order chi connectivity index (χ0) is 21.5. The first kappa shape index (κ1) is 23.4. The van der Waals surface area contributed by atoms with Crippen LogP contribution in [0.4, 0.5) is 4.79 Å². The van der Waals surface area contributed by atoms with Crippen molar-refractivity contribution in [3.63, 3.8) is 0 Å². The maximum absolute atomic E-state index is 10.8. The maximum atomic E-state index is 10.8. The molecule has 168 valence electrons. The number of likely N-dealkylation sites (tertiary alicyclic amines) is 1. The van der Waals surface area contributed by atoms with Crippen molar-refractivity contribution in [1.29, 1.82) is 0 Å². The first-order valence-electron chi connectivity index (χ1n) is 11.6. The minimum Gasteiger partial charge on any atom is -0.491 e. The molecule has 2 N–H and O–H groups in total. The van der Waals surface area contributed by atoms with E-state index in [0.29, 0.717) is 0 Å². The summed E-state index contributed by atoms with van der Waals surface area (Å²) in [6, 6.07) is 6.52. The number of piperidine rings is 1. The molecule has 0 bridgehead atoms. The molecule has 3 rings (SSSR count). The Bertz CT molecular complexity index is 681. The minimum atomic E-state index is -0.882. The molecule has 1 saturated carbocycles. The van der Waals surface area contributed by atoms with Gasteiger partial charge < -0.3 is 20.1 Å². The largest absolute Gasteiger partial charge is 0.491 e.